The second-order valence-electron chi connectivity index (χ2n) is 4.51. The highest BCUT2D eigenvalue weighted by molar-refractivity contribution is 7.90. The molecular formula is C11H15N3O6S. The van der Waals surface area contributed by atoms with Crippen LogP contribution in [0.1, 0.15) is 24.2 Å². The number of hydrogen-bond donors (Lipinski definition) is 2. The molecule has 116 valence electrons. The van der Waals surface area contributed by atoms with Crippen LogP contribution in [-0.4, -0.2) is 41.8 Å². The summed E-state index contributed by atoms with van der Waals surface area (Å²) in [6.07, 6.45) is 0. The molecule has 0 spiro atoms. The van der Waals surface area contributed by atoms with Gasteiger partial charge in [-0.1, -0.05) is 0 Å². The maximum absolute atomic E-state index is 12.0. The van der Waals surface area contributed by atoms with Gasteiger partial charge in [-0.2, -0.15) is 12.7 Å². The Morgan fingerprint density at radius 2 is 2.00 bits per heavy atom. The van der Waals surface area contributed by atoms with Crippen LogP contribution in [0.25, 0.3) is 0 Å². The summed E-state index contributed by atoms with van der Waals surface area (Å²) < 4.78 is 27.2. The summed E-state index contributed by atoms with van der Waals surface area (Å²) in [6.45, 7) is 3.29. The van der Waals surface area contributed by atoms with Crippen molar-refractivity contribution >= 4 is 27.6 Å². The minimum Gasteiger partial charge on any atom is -0.478 e. The number of hydrogen-bond acceptors (Lipinski definition) is 5. The summed E-state index contributed by atoms with van der Waals surface area (Å²) in [4.78, 5) is 21.0. The van der Waals surface area contributed by atoms with E-state index in [9.17, 15) is 23.3 Å². The van der Waals surface area contributed by atoms with Crippen LogP contribution in [0.4, 0.5) is 11.4 Å². The Morgan fingerprint density at radius 1 is 1.43 bits per heavy atom. The third-order valence-corrected chi connectivity index (χ3v) is 4.45. The van der Waals surface area contributed by atoms with E-state index >= 15 is 0 Å². The fourth-order valence-corrected chi connectivity index (χ4v) is 2.56. The van der Waals surface area contributed by atoms with Gasteiger partial charge in [0.1, 0.15) is 0 Å². The lowest BCUT2D eigenvalue weighted by molar-refractivity contribution is -0.384. The molecule has 0 saturated heterocycles. The van der Waals surface area contributed by atoms with Crippen LogP contribution < -0.4 is 4.72 Å². The molecule has 0 aliphatic carbocycles. The van der Waals surface area contributed by atoms with Crippen molar-refractivity contribution in [3.05, 3.63) is 33.9 Å². The minimum absolute atomic E-state index is 0.236. The van der Waals surface area contributed by atoms with Gasteiger partial charge in [0.2, 0.25) is 0 Å². The molecule has 0 amide bonds. The average molecular weight is 317 g/mol. The minimum atomic E-state index is -3.95. The molecule has 9 nitrogen and oxygen atoms in total. The number of nitrogens with one attached hydrogen (secondary N) is 1. The topological polar surface area (TPSA) is 130 Å². The highest BCUT2D eigenvalue weighted by Crippen LogP contribution is 2.24. The zero-order valence-corrected chi connectivity index (χ0v) is 12.4. The van der Waals surface area contributed by atoms with Gasteiger partial charge in [0.25, 0.3) is 5.69 Å². The quantitative estimate of drug-likeness (QED) is 0.600. The molecule has 0 aliphatic rings. The predicted octanol–water partition coefficient (Wildman–Crippen LogP) is 1.29. The highest BCUT2D eigenvalue weighted by Gasteiger charge is 2.24. The summed E-state index contributed by atoms with van der Waals surface area (Å²) in [5.74, 6) is -1.47. The third kappa shape index (κ3) is 3.89. The predicted molar refractivity (Wildman–Crippen MR) is 75.5 cm³/mol. The first-order valence-electron chi connectivity index (χ1n) is 5.83. The van der Waals surface area contributed by atoms with Gasteiger partial charge < -0.3 is 5.11 Å². The molecule has 0 radical (unpaired) electrons. The molecule has 1 aromatic rings. The van der Waals surface area contributed by atoms with Crippen molar-refractivity contribution in [2.24, 2.45) is 0 Å². The summed E-state index contributed by atoms with van der Waals surface area (Å²) in [5.41, 5.74) is -1.17. The number of benzene rings is 1. The van der Waals surface area contributed by atoms with Gasteiger partial charge >= 0.3 is 16.2 Å². The smallest absolute Gasteiger partial charge is 0.338 e. The van der Waals surface area contributed by atoms with Crippen LogP contribution in [0.2, 0.25) is 0 Å². The van der Waals surface area contributed by atoms with Crippen molar-refractivity contribution < 1.29 is 23.2 Å². The zero-order valence-electron chi connectivity index (χ0n) is 11.6. The van der Waals surface area contributed by atoms with Crippen LogP contribution in [0.15, 0.2) is 18.2 Å². The van der Waals surface area contributed by atoms with E-state index in [4.69, 9.17) is 5.11 Å². The molecule has 0 fully saturated rings. The van der Waals surface area contributed by atoms with E-state index in [1.165, 1.54) is 7.05 Å². The van der Waals surface area contributed by atoms with Crippen molar-refractivity contribution in [1.29, 1.82) is 0 Å². The number of rotatable bonds is 6. The number of carboxylic acid groups (broad SMARTS) is 1. The Hall–Kier alpha value is -2.20. The Kier molecular flexibility index (Phi) is 4.86. The van der Waals surface area contributed by atoms with Gasteiger partial charge in [-0.15, -0.1) is 0 Å². The number of nitro groups is 1. The standard InChI is InChI=1S/C11H15N3O6S/c1-7(2)13(3)21(19,20)12-10-5-4-8(14(17)18)6-9(10)11(15)16/h4-7,12H,1-3H3,(H,15,16). The van der Waals surface area contributed by atoms with E-state index in [2.05, 4.69) is 4.72 Å². The molecule has 0 saturated carbocycles. The Balaban J connectivity index is 3.26. The lowest BCUT2D eigenvalue weighted by Gasteiger charge is -2.22. The highest BCUT2D eigenvalue weighted by atomic mass is 32.2. The average Bonchev–Trinajstić information content (AvgIpc) is 2.37. The normalized spacial score (nSPS) is 11.7. The van der Waals surface area contributed by atoms with E-state index < -0.39 is 32.4 Å². The van der Waals surface area contributed by atoms with Crippen LogP contribution >= 0.6 is 0 Å². The monoisotopic (exact) mass is 317 g/mol. The van der Waals surface area contributed by atoms with Gasteiger partial charge in [-0.25, -0.2) is 4.79 Å². The van der Waals surface area contributed by atoms with Crippen LogP contribution in [0, 0.1) is 10.1 Å². The van der Waals surface area contributed by atoms with Crippen molar-refractivity contribution in [3.63, 3.8) is 0 Å². The summed E-state index contributed by atoms with van der Waals surface area (Å²) in [6, 6.07) is 2.54. The molecule has 1 rings (SSSR count). The van der Waals surface area contributed by atoms with Crippen molar-refractivity contribution in [2.75, 3.05) is 11.8 Å². The molecule has 1 aromatic carbocycles. The zero-order chi connectivity index (χ0) is 16.4. The number of aromatic carboxylic acids is 1. The summed E-state index contributed by atoms with van der Waals surface area (Å²) >= 11 is 0. The summed E-state index contributed by atoms with van der Waals surface area (Å²) in [5, 5.41) is 19.7. The second kappa shape index (κ2) is 6.06. The van der Waals surface area contributed by atoms with Gasteiger partial charge in [0, 0.05) is 25.2 Å². The van der Waals surface area contributed by atoms with Gasteiger partial charge in [-0.3, -0.25) is 14.8 Å². The molecule has 0 heterocycles. The molecule has 0 atom stereocenters. The first-order chi connectivity index (χ1) is 9.56. The molecular weight excluding hydrogens is 302 g/mol. The van der Waals surface area contributed by atoms with Crippen molar-refractivity contribution in [2.45, 2.75) is 19.9 Å². The fourth-order valence-electron chi connectivity index (χ4n) is 1.40. The molecule has 21 heavy (non-hydrogen) atoms. The van der Waals surface area contributed by atoms with Gasteiger partial charge in [-0.05, 0) is 19.9 Å². The molecule has 2 N–H and O–H groups in total. The number of nitro benzene ring substituents is 1. The van der Waals surface area contributed by atoms with Crippen molar-refractivity contribution in [3.8, 4) is 0 Å². The van der Waals surface area contributed by atoms with Crippen LogP contribution in [0.3, 0.4) is 0 Å². The Morgan fingerprint density at radius 3 is 2.43 bits per heavy atom. The molecule has 0 bridgehead atoms. The number of nitrogens with zero attached hydrogens (tertiary/aromatic N) is 2. The van der Waals surface area contributed by atoms with E-state index in [0.29, 0.717) is 0 Å². The molecule has 0 aliphatic heterocycles. The maximum Gasteiger partial charge on any atom is 0.338 e. The van der Waals surface area contributed by atoms with Crippen LogP contribution in [0.5, 0.6) is 0 Å². The SMILES string of the molecule is CC(C)N(C)S(=O)(=O)Nc1ccc([N+](=O)[O-])cc1C(=O)O. The van der Waals surface area contributed by atoms with E-state index in [1.807, 2.05) is 0 Å². The Bertz CT molecular complexity index is 671. The largest absolute Gasteiger partial charge is 0.478 e. The fraction of sp³-hybridized carbons (Fsp3) is 0.364. The number of carboxylic acids is 1. The molecule has 0 aromatic heterocycles. The van der Waals surface area contributed by atoms with E-state index in [0.717, 1.165) is 22.5 Å². The number of anilines is 1. The lowest BCUT2D eigenvalue weighted by Crippen LogP contribution is -2.37. The molecule has 10 heteroatoms. The Labute approximate surface area is 121 Å². The van der Waals surface area contributed by atoms with E-state index in [-0.39, 0.29) is 11.7 Å². The van der Waals surface area contributed by atoms with Crippen molar-refractivity contribution in [1.82, 2.24) is 4.31 Å². The first-order valence-corrected chi connectivity index (χ1v) is 7.27. The van der Waals surface area contributed by atoms with Gasteiger partial charge in [0.15, 0.2) is 0 Å². The van der Waals surface area contributed by atoms with Crippen LogP contribution in [-0.2, 0) is 10.2 Å². The number of non-ortho nitro benzene ring substituents is 1. The molecule has 0 unspecified atom stereocenters. The summed E-state index contributed by atoms with van der Waals surface area (Å²) in [7, 11) is -2.62. The van der Waals surface area contributed by atoms with Gasteiger partial charge in [0.05, 0.1) is 16.2 Å². The lowest BCUT2D eigenvalue weighted by atomic mass is 10.1. The second-order valence-corrected chi connectivity index (χ2v) is 6.24. The number of carbonyl (C=O) groups is 1. The maximum atomic E-state index is 12.0. The van der Waals surface area contributed by atoms with E-state index in [1.54, 1.807) is 13.8 Å². The first kappa shape index (κ1) is 16.9. The third-order valence-electron chi connectivity index (χ3n) is 2.79.